The van der Waals surface area contributed by atoms with Gasteiger partial charge in [0.2, 0.25) is 0 Å². The molecule has 0 aromatic carbocycles. The minimum atomic E-state index is 0.780. The average Bonchev–Trinajstić information content (AvgIpc) is 2.41. The monoisotopic (exact) mass is 173 g/mol. The zero-order valence-electron chi connectivity index (χ0n) is 7.29. The molecule has 0 aliphatic rings. The molecule has 64 valence electrons. The molecule has 0 bridgehead atoms. The first kappa shape index (κ1) is 10.6. The summed E-state index contributed by atoms with van der Waals surface area (Å²) in [6.45, 7) is 5.88. The molecule has 0 fully saturated rings. The highest BCUT2D eigenvalue weighted by atomic mass is 32.1. The zero-order valence-corrected chi connectivity index (χ0v) is 8.19. The lowest BCUT2D eigenvalue weighted by Crippen LogP contribution is -1.83. The van der Waals surface area contributed by atoms with E-state index >= 15 is 0 Å². The van der Waals surface area contributed by atoms with Gasteiger partial charge in [0.1, 0.15) is 5.76 Å². The van der Waals surface area contributed by atoms with Gasteiger partial charge >= 0.3 is 0 Å². The highest BCUT2D eigenvalue weighted by molar-refractivity contribution is 7.80. The number of aromatic nitrogens is 1. The Bertz CT molecular complexity index is 186. The molecular weight excluding hydrogens is 158 g/mol. The van der Waals surface area contributed by atoms with Crippen LogP contribution >= 0.6 is 12.6 Å². The second kappa shape index (κ2) is 6.28. The molecule has 0 saturated heterocycles. The van der Waals surface area contributed by atoms with Crippen molar-refractivity contribution in [1.29, 1.82) is 0 Å². The van der Waals surface area contributed by atoms with Crippen LogP contribution in [0.15, 0.2) is 10.6 Å². The van der Waals surface area contributed by atoms with Crippen molar-refractivity contribution in [1.82, 2.24) is 4.98 Å². The van der Waals surface area contributed by atoms with Crippen LogP contribution in [-0.4, -0.2) is 10.7 Å². The van der Waals surface area contributed by atoms with Gasteiger partial charge in [-0.25, -0.2) is 4.98 Å². The van der Waals surface area contributed by atoms with Gasteiger partial charge in [-0.3, -0.25) is 0 Å². The average molecular weight is 173 g/mol. The Morgan fingerprint density at radius 3 is 2.55 bits per heavy atom. The summed E-state index contributed by atoms with van der Waals surface area (Å²) in [5.74, 6) is 2.44. The first-order chi connectivity index (χ1) is 5.33. The fraction of sp³-hybridized carbons (Fsp3) is 0.625. The maximum Gasteiger partial charge on any atom is 0.195 e. The summed E-state index contributed by atoms with van der Waals surface area (Å²) in [7, 11) is 0. The van der Waals surface area contributed by atoms with Crippen LogP contribution in [0.3, 0.4) is 0 Å². The molecule has 1 rings (SSSR count). The maximum atomic E-state index is 5.16. The van der Waals surface area contributed by atoms with Crippen molar-refractivity contribution in [2.75, 3.05) is 5.75 Å². The third-order valence-corrected chi connectivity index (χ3v) is 1.22. The molecule has 0 radical (unpaired) electrons. The Morgan fingerprint density at radius 2 is 2.18 bits per heavy atom. The molecule has 0 aliphatic heterocycles. The van der Waals surface area contributed by atoms with Gasteiger partial charge in [0.15, 0.2) is 5.89 Å². The maximum absolute atomic E-state index is 5.16. The number of aryl methyl sites for hydroxylation is 2. The number of rotatable bonds is 2. The molecule has 11 heavy (non-hydrogen) atoms. The van der Waals surface area contributed by atoms with Crippen molar-refractivity contribution in [3.8, 4) is 0 Å². The molecule has 1 aromatic heterocycles. The summed E-state index contributed by atoms with van der Waals surface area (Å²) >= 11 is 4.04. The van der Waals surface area contributed by atoms with E-state index in [2.05, 4.69) is 17.6 Å². The van der Waals surface area contributed by atoms with Crippen LogP contribution in [0.25, 0.3) is 0 Å². The predicted octanol–water partition coefficient (Wildman–Crippen LogP) is 2.48. The smallest absolute Gasteiger partial charge is 0.195 e. The first-order valence-corrected chi connectivity index (χ1v) is 4.48. The molecule has 1 aromatic rings. The molecule has 1 heterocycles. The second-order valence-electron chi connectivity index (χ2n) is 1.84. The first-order valence-electron chi connectivity index (χ1n) is 3.85. The van der Waals surface area contributed by atoms with E-state index in [1.165, 1.54) is 0 Å². The summed E-state index contributed by atoms with van der Waals surface area (Å²) in [4.78, 5) is 3.99. The lowest BCUT2D eigenvalue weighted by atomic mass is 10.5. The SMILES string of the molecule is CC.Cc1cnc(CCS)o1. The Kier molecular flexibility index (Phi) is 6.03. The van der Waals surface area contributed by atoms with Gasteiger partial charge in [0, 0.05) is 6.42 Å². The normalized spacial score (nSPS) is 8.73. The lowest BCUT2D eigenvalue weighted by Gasteiger charge is -1.85. The van der Waals surface area contributed by atoms with Crippen molar-refractivity contribution >= 4 is 12.6 Å². The van der Waals surface area contributed by atoms with Crippen LogP contribution in [-0.2, 0) is 6.42 Å². The van der Waals surface area contributed by atoms with Crippen LogP contribution in [0.1, 0.15) is 25.5 Å². The highest BCUT2D eigenvalue weighted by Crippen LogP contribution is 2.01. The topological polar surface area (TPSA) is 26.0 Å². The van der Waals surface area contributed by atoms with E-state index in [9.17, 15) is 0 Å². The van der Waals surface area contributed by atoms with E-state index in [1.54, 1.807) is 6.20 Å². The van der Waals surface area contributed by atoms with Gasteiger partial charge in [-0.1, -0.05) is 13.8 Å². The summed E-state index contributed by atoms with van der Waals surface area (Å²) < 4.78 is 5.16. The van der Waals surface area contributed by atoms with Crippen LogP contribution in [0.2, 0.25) is 0 Å². The predicted molar refractivity (Wildman–Crippen MR) is 50.1 cm³/mol. The zero-order chi connectivity index (χ0) is 8.69. The summed E-state index contributed by atoms with van der Waals surface area (Å²) in [6.07, 6.45) is 2.54. The van der Waals surface area contributed by atoms with Gasteiger partial charge < -0.3 is 4.42 Å². The molecule has 0 saturated carbocycles. The minimum absolute atomic E-state index is 0.780. The molecule has 0 spiro atoms. The van der Waals surface area contributed by atoms with Crippen LogP contribution in [0.5, 0.6) is 0 Å². The van der Waals surface area contributed by atoms with E-state index in [-0.39, 0.29) is 0 Å². The molecule has 0 amide bonds. The van der Waals surface area contributed by atoms with Gasteiger partial charge in [-0.2, -0.15) is 12.6 Å². The standard InChI is InChI=1S/C6H9NOS.C2H6/c1-5-4-7-6(8-5)2-3-9;1-2/h4,9H,2-3H2,1H3;1-2H3. The molecule has 0 N–H and O–H groups in total. The number of oxazole rings is 1. The molecule has 2 nitrogen and oxygen atoms in total. The van der Waals surface area contributed by atoms with E-state index in [4.69, 9.17) is 4.42 Å². The summed E-state index contributed by atoms with van der Waals surface area (Å²) in [5.41, 5.74) is 0. The highest BCUT2D eigenvalue weighted by Gasteiger charge is 1.96. The van der Waals surface area contributed by atoms with Crippen molar-refractivity contribution < 1.29 is 4.42 Å². The van der Waals surface area contributed by atoms with Gasteiger partial charge in [0.25, 0.3) is 0 Å². The van der Waals surface area contributed by atoms with Crippen molar-refractivity contribution in [2.24, 2.45) is 0 Å². The summed E-state index contributed by atoms with van der Waals surface area (Å²) in [6, 6.07) is 0. The fourth-order valence-corrected chi connectivity index (χ4v) is 0.804. The molecule has 0 unspecified atom stereocenters. The number of hydrogen-bond acceptors (Lipinski definition) is 3. The molecule has 0 atom stereocenters. The van der Waals surface area contributed by atoms with Gasteiger partial charge in [-0.15, -0.1) is 0 Å². The third kappa shape index (κ3) is 4.09. The molecule has 0 aliphatic carbocycles. The summed E-state index contributed by atoms with van der Waals surface area (Å²) in [5, 5.41) is 0. The third-order valence-electron chi connectivity index (χ3n) is 0.995. The van der Waals surface area contributed by atoms with E-state index in [0.717, 1.165) is 23.8 Å². The molecule has 3 heteroatoms. The van der Waals surface area contributed by atoms with E-state index in [0.29, 0.717) is 0 Å². The number of nitrogens with zero attached hydrogens (tertiary/aromatic N) is 1. The Hall–Kier alpha value is -0.440. The van der Waals surface area contributed by atoms with Crippen LogP contribution < -0.4 is 0 Å². The van der Waals surface area contributed by atoms with Gasteiger partial charge in [-0.05, 0) is 12.7 Å². The molecular formula is C8H15NOS. The quantitative estimate of drug-likeness (QED) is 0.695. The Balaban J connectivity index is 0.000000461. The second-order valence-corrected chi connectivity index (χ2v) is 2.29. The van der Waals surface area contributed by atoms with Crippen molar-refractivity contribution in [3.63, 3.8) is 0 Å². The largest absolute Gasteiger partial charge is 0.446 e. The van der Waals surface area contributed by atoms with E-state index < -0.39 is 0 Å². The van der Waals surface area contributed by atoms with Crippen molar-refractivity contribution in [2.45, 2.75) is 27.2 Å². The van der Waals surface area contributed by atoms with Gasteiger partial charge in [0.05, 0.1) is 6.20 Å². The number of thiol groups is 1. The van der Waals surface area contributed by atoms with Crippen LogP contribution in [0.4, 0.5) is 0 Å². The Morgan fingerprint density at radius 1 is 1.55 bits per heavy atom. The minimum Gasteiger partial charge on any atom is -0.446 e. The number of hydrogen-bond donors (Lipinski definition) is 1. The van der Waals surface area contributed by atoms with Crippen LogP contribution in [0, 0.1) is 6.92 Å². The fourth-order valence-electron chi connectivity index (χ4n) is 0.613. The Labute approximate surface area is 73.4 Å². The lowest BCUT2D eigenvalue weighted by molar-refractivity contribution is 0.478. The van der Waals surface area contributed by atoms with E-state index in [1.807, 2.05) is 20.8 Å². The van der Waals surface area contributed by atoms with Crippen molar-refractivity contribution in [3.05, 3.63) is 17.8 Å².